The smallest absolute Gasteiger partial charge is 0.401 e. The van der Waals surface area contributed by atoms with Gasteiger partial charge in [-0.1, -0.05) is 11.6 Å². The van der Waals surface area contributed by atoms with Crippen molar-refractivity contribution in [3.63, 3.8) is 0 Å². The summed E-state index contributed by atoms with van der Waals surface area (Å²) >= 11 is 5.93. The molecule has 8 heteroatoms. The molecule has 116 valence electrons. The Hall–Kier alpha value is -1.34. The van der Waals surface area contributed by atoms with Gasteiger partial charge in [0.1, 0.15) is 5.82 Å². The number of halogens is 5. The number of hydrogen-bond acceptors (Lipinski definition) is 2. The number of alkyl halides is 3. The standard InChI is InChI=1S/C13H12ClF4NO2/c14-11-2-1-7(15)3-8(11)9-4-19(6-13(16,17)18)5-10(9)12(20)21/h1-3,9-10H,4-6H2,(H,20,21)/t9-,10-/m0/s1. The minimum atomic E-state index is -4.41. The van der Waals surface area contributed by atoms with Crippen LogP contribution in [-0.4, -0.2) is 41.8 Å². The lowest BCUT2D eigenvalue weighted by molar-refractivity contribution is -0.147. The predicted octanol–water partition coefficient (Wildman–Crippen LogP) is 3.14. The Morgan fingerprint density at radius 2 is 2.05 bits per heavy atom. The van der Waals surface area contributed by atoms with Crippen LogP contribution in [0.1, 0.15) is 11.5 Å². The van der Waals surface area contributed by atoms with Gasteiger partial charge in [0.05, 0.1) is 12.5 Å². The van der Waals surface area contributed by atoms with Gasteiger partial charge in [0.15, 0.2) is 0 Å². The number of hydrogen-bond donors (Lipinski definition) is 1. The van der Waals surface area contributed by atoms with Crippen molar-refractivity contribution in [2.24, 2.45) is 5.92 Å². The van der Waals surface area contributed by atoms with Crippen molar-refractivity contribution < 1.29 is 27.5 Å². The van der Waals surface area contributed by atoms with Crippen LogP contribution in [0.4, 0.5) is 17.6 Å². The van der Waals surface area contributed by atoms with Crippen molar-refractivity contribution in [1.82, 2.24) is 4.90 Å². The molecule has 21 heavy (non-hydrogen) atoms. The molecule has 2 rings (SSSR count). The van der Waals surface area contributed by atoms with Gasteiger partial charge in [-0.05, 0) is 23.8 Å². The second-order valence-electron chi connectivity index (χ2n) is 5.03. The molecular formula is C13H12ClF4NO2. The van der Waals surface area contributed by atoms with Crippen molar-refractivity contribution >= 4 is 17.6 Å². The summed E-state index contributed by atoms with van der Waals surface area (Å²) in [4.78, 5) is 12.3. The molecule has 1 fully saturated rings. The van der Waals surface area contributed by atoms with Crippen LogP contribution >= 0.6 is 11.6 Å². The van der Waals surface area contributed by atoms with Crippen LogP contribution in [0.15, 0.2) is 18.2 Å². The van der Waals surface area contributed by atoms with Crippen molar-refractivity contribution in [2.75, 3.05) is 19.6 Å². The molecule has 0 spiro atoms. The Labute approximate surface area is 123 Å². The molecule has 1 saturated heterocycles. The summed E-state index contributed by atoms with van der Waals surface area (Å²) in [6, 6.07) is 3.47. The van der Waals surface area contributed by atoms with E-state index >= 15 is 0 Å². The van der Waals surface area contributed by atoms with E-state index in [1.54, 1.807) is 0 Å². The fourth-order valence-electron chi connectivity index (χ4n) is 2.63. The van der Waals surface area contributed by atoms with E-state index in [1.165, 1.54) is 6.07 Å². The zero-order chi connectivity index (χ0) is 15.8. The van der Waals surface area contributed by atoms with Crippen molar-refractivity contribution in [3.8, 4) is 0 Å². The van der Waals surface area contributed by atoms with Crippen LogP contribution in [0, 0.1) is 11.7 Å². The highest BCUT2D eigenvalue weighted by Gasteiger charge is 2.43. The van der Waals surface area contributed by atoms with Gasteiger partial charge in [-0.2, -0.15) is 13.2 Å². The maximum absolute atomic E-state index is 13.3. The molecule has 1 aromatic carbocycles. The van der Waals surface area contributed by atoms with E-state index in [0.717, 1.165) is 17.0 Å². The average Bonchev–Trinajstić information content (AvgIpc) is 2.73. The van der Waals surface area contributed by atoms with Gasteiger partial charge in [0.2, 0.25) is 0 Å². The number of likely N-dealkylation sites (tertiary alicyclic amines) is 1. The van der Waals surface area contributed by atoms with Gasteiger partial charge < -0.3 is 5.11 Å². The molecule has 0 aromatic heterocycles. The summed E-state index contributed by atoms with van der Waals surface area (Å²) in [5.41, 5.74) is 0.230. The summed E-state index contributed by atoms with van der Waals surface area (Å²) < 4.78 is 50.6. The molecule has 1 heterocycles. The minimum Gasteiger partial charge on any atom is -0.481 e. The van der Waals surface area contributed by atoms with Crippen LogP contribution in [0.5, 0.6) is 0 Å². The molecule has 0 bridgehead atoms. The van der Waals surface area contributed by atoms with Gasteiger partial charge in [0.25, 0.3) is 0 Å². The molecular weight excluding hydrogens is 314 g/mol. The highest BCUT2D eigenvalue weighted by molar-refractivity contribution is 6.31. The van der Waals surface area contributed by atoms with Gasteiger partial charge in [-0.15, -0.1) is 0 Å². The first kappa shape index (κ1) is 16.0. The molecule has 2 atom stereocenters. The number of carbonyl (C=O) groups is 1. The minimum absolute atomic E-state index is 0.125. The molecule has 3 nitrogen and oxygen atoms in total. The zero-order valence-corrected chi connectivity index (χ0v) is 11.5. The highest BCUT2D eigenvalue weighted by atomic mass is 35.5. The lowest BCUT2D eigenvalue weighted by atomic mass is 9.89. The van der Waals surface area contributed by atoms with Crippen LogP contribution in [-0.2, 0) is 4.79 Å². The Morgan fingerprint density at radius 3 is 2.62 bits per heavy atom. The van der Waals surface area contributed by atoms with E-state index in [0.29, 0.717) is 0 Å². The van der Waals surface area contributed by atoms with Crippen LogP contribution in [0.3, 0.4) is 0 Å². The summed E-state index contributed by atoms with van der Waals surface area (Å²) in [6.07, 6.45) is -4.41. The molecule has 0 unspecified atom stereocenters. The fraction of sp³-hybridized carbons (Fsp3) is 0.462. The molecule has 0 aliphatic carbocycles. The van der Waals surface area contributed by atoms with Crippen molar-refractivity contribution in [3.05, 3.63) is 34.6 Å². The average molecular weight is 326 g/mol. The number of rotatable bonds is 3. The van der Waals surface area contributed by atoms with Gasteiger partial charge >= 0.3 is 12.1 Å². The quantitative estimate of drug-likeness (QED) is 0.868. The summed E-state index contributed by atoms with van der Waals surface area (Å²) in [5.74, 6) is -3.64. The Kier molecular flexibility index (Phi) is 4.43. The SMILES string of the molecule is O=C(O)[C@H]1CN(CC(F)(F)F)C[C@H]1c1cc(F)ccc1Cl. The van der Waals surface area contributed by atoms with Crippen molar-refractivity contribution in [1.29, 1.82) is 0 Å². The first-order chi connectivity index (χ1) is 9.67. The van der Waals surface area contributed by atoms with Gasteiger partial charge in [0, 0.05) is 24.0 Å². The number of benzene rings is 1. The molecule has 1 aromatic rings. The van der Waals surface area contributed by atoms with Gasteiger partial charge in [-0.3, -0.25) is 9.69 Å². The summed E-state index contributed by atoms with van der Waals surface area (Å²) in [7, 11) is 0. The third-order valence-electron chi connectivity index (χ3n) is 3.47. The second-order valence-corrected chi connectivity index (χ2v) is 5.43. The molecule has 0 saturated carbocycles. The highest BCUT2D eigenvalue weighted by Crippen LogP contribution is 2.37. The van der Waals surface area contributed by atoms with Gasteiger partial charge in [-0.25, -0.2) is 4.39 Å². The molecule has 1 aliphatic heterocycles. The van der Waals surface area contributed by atoms with Crippen LogP contribution in [0.2, 0.25) is 5.02 Å². The Balaban J connectivity index is 2.28. The number of carboxylic acids is 1. The van der Waals surface area contributed by atoms with E-state index in [4.69, 9.17) is 11.6 Å². The third kappa shape index (κ3) is 3.85. The molecule has 0 amide bonds. The number of carboxylic acid groups (broad SMARTS) is 1. The third-order valence-corrected chi connectivity index (χ3v) is 3.82. The zero-order valence-electron chi connectivity index (χ0n) is 10.7. The fourth-order valence-corrected chi connectivity index (χ4v) is 2.89. The molecule has 1 N–H and O–H groups in total. The molecule has 1 aliphatic rings. The topological polar surface area (TPSA) is 40.5 Å². The Morgan fingerprint density at radius 1 is 1.38 bits per heavy atom. The largest absolute Gasteiger partial charge is 0.481 e. The predicted molar refractivity (Wildman–Crippen MR) is 67.8 cm³/mol. The molecule has 0 radical (unpaired) electrons. The number of aliphatic carboxylic acids is 1. The first-order valence-corrected chi connectivity index (χ1v) is 6.52. The van der Waals surface area contributed by atoms with Crippen LogP contribution < -0.4 is 0 Å². The normalized spacial score (nSPS) is 23.5. The van der Waals surface area contributed by atoms with Crippen LogP contribution in [0.25, 0.3) is 0 Å². The number of nitrogens with zero attached hydrogens (tertiary/aromatic N) is 1. The van der Waals surface area contributed by atoms with E-state index in [9.17, 15) is 27.5 Å². The summed E-state index contributed by atoms with van der Waals surface area (Å²) in [5, 5.41) is 9.33. The van der Waals surface area contributed by atoms with E-state index in [1.807, 2.05) is 0 Å². The van der Waals surface area contributed by atoms with E-state index in [2.05, 4.69) is 0 Å². The monoisotopic (exact) mass is 325 g/mol. The van der Waals surface area contributed by atoms with Crippen molar-refractivity contribution in [2.45, 2.75) is 12.1 Å². The van der Waals surface area contributed by atoms with E-state index in [-0.39, 0.29) is 23.7 Å². The Bertz CT molecular complexity index is 549. The lowest BCUT2D eigenvalue weighted by Gasteiger charge is -2.18. The van der Waals surface area contributed by atoms with E-state index < -0.39 is 36.3 Å². The second kappa shape index (κ2) is 5.81. The maximum atomic E-state index is 13.3. The lowest BCUT2D eigenvalue weighted by Crippen LogP contribution is -2.33. The first-order valence-electron chi connectivity index (χ1n) is 6.14. The summed E-state index contributed by atoms with van der Waals surface area (Å²) in [6.45, 7) is -1.56. The maximum Gasteiger partial charge on any atom is 0.401 e.